The van der Waals surface area contributed by atoms with E-state index in [0.717, 1.165) is 50.9 Å². The van der Waals surface area contributed by atoms with Crippen LogP contribution in [0, 0.1) is 5.92 Å². The van der Waals surface area contributed by atoms with Crippen molar-refractivity contribution < 1.29 is 4.74 Å². The number of benzene rings is 2. The van der Waals surface area contributed by atoms with Crippen molar-refractivity contribution >= 4 is 0 Å². The average Bonchev–Trinajstić information content (AvgIpc) is 2.60. The molecule has 1 fully saturated rings. The molecule has 0 radical (unpaired) electrons. The van der Waals surface area contributed by atoms with Crippen LogP contribution in [0.1, 0.15) is 31.4 Å². The van der Waals surface area contributed by atoms with Crippen LogP contribution in [-0.4, -0.2) is 32.8 Å². The molecule has 1 aliphatic heterocycles. The van der Waals surface area contributed by atoms with Gasteiger partial charge in [-0.25, -0.2) is 0 Å². The summed E-state index contributed by atoms with van der Waals surface area (Å²) in [6.45, 7) is 9.76. The summed E-state index contributed by atoms with van der Waals surface area (Å²) < 4.78 is 5.87. The summed E-state index contributed by atoms with van der Waals surface area (Å²) in [6, 6.07) is 19.2. The predicted octanol–water partition coefficient (Wildman–Crippen LogP) is 3.59. The minimum atomic E-state index is 0.0000910. The molecule has 3 rings (SSSR count). The Morgan fingerprint density at radius 2 is 1.68 bits per heavy atom. The summed E-state index contributed by atoms with van der Waals surface area (Å²) >= 11 is 0. The largest absolute Gasteiger partial charge is 0.494 e. The van der Waals surface area contributed by atoms with E-state index < -0.39 is 0 Å². The summed E-state index contributed by atoms with van der Waals surface area (Å²) in [4.78, 5) is 0. The molecule has 0 atom stereocenters. The topological polar surface area (TPSA) is 33.3 Å². The van der Waals surface area contributed by atoms with Crippen molar-refractivity contribution in [2.24, 2.45) is 5.92 Å². The highest BCUT2D eigenvalue weighted by molar-refractivity contribution is 5.39. The van der Waals surface area contributed by atoms with Gasteiger partial charge in [-0.1, -0.05) is 56.3 Å². The molecule has 1 saturated heterocycles. The van der Waals surface area contributed by atoms with Crippen LogP contribution in [0.25, 0.3) is 0 Å². The van der Waals surface area contributed by atoms with Crippen molar-refractivity contribution in [3.63, 3.8) is 0 Å². The Labute approximate surface area is 151 Å². The molecule has 134 valence electrons. The van der Waals surface area contributed by atoms with Crippen molar-refractivity contribution in [1.82, 2.24) is 10.6 Å². The van der Waals surface area contributed by atoms with E-state index >= 15 is 0 Å². The summed E-state index contributed by atoms with van der Waals surface area (Å²) in [6.07, 6.45) is 1.04. The van der Waals surface area contributed by atoms with Crippen molar-refractivity contribution in [3.8, 4) is 5.75 Å². The number of hydrogen-bond acceptors (Lipinski definition) is 3. The lowest BCUT2D eigenvalue weighted by Crippen LogP contribution is -2.47. The third kappa shape index (κ3) is 4.83. The van der Waals surface area contributed by atoms with Crippen LogP contribution in [0.5, 0.6) is 5.75 Å². The van der Waals surface area contributed by atoms with Crippen LogP contribution in [0.4, 0.5) is 0 Å². The van der Waals surface area contributed by atoms with Crippen LogP contribution in [0.15, 0.2) is 54.6 Å². The monoisotopic (exact) mass is 338 g/mol. The molecule has 2 aromatic carbocycles. The predicted molar refractivity (Wildman–Crippen MR) is 104 cm³/mol. The first-order valence-corrected chi connectivity index (χ1v) is 9.36. The van der Waals surface area contributed by atoms with E-state index in [4.69, 9.17) is 4.74 Å². The minimum Gasteiger partial charge on any atom is -0.494 e. The molecule has 0 amide bonds. The number of ether oxygens (including phenoxy) is 1. The molecule has 2 N–H and O–H groups in total. The molecule has 2 aromatic rings. The van der Waals surface area contributed by atoms with Gasteiger partial charge < -0.3 is 15.4 Å². The lowest BCUT2D eigenvalue weighted by molar-refractivity contribution is 0.296. The Morgan fingerprint density at radius 1 is 1.00 bits per heavy atom. The van der Waals surface area contributed by atoms with Crippen molar-refractivity contribution in [2.75, 3.05) is 32.8 Å². The third-order valence-corrected chi connectivity index (χ3v) is 5.14. The van der Waals surface area contributed by atoms with Gasteiger partial charge in [0.1, 0.15) is 5.75 Å². The molecule has 3 nitrogen and oxygen atoms in total. The van der Waals surface area contributed by atoms with Crippen LogP contribution >= 0.6 is 0 Å². The lowest BCUT2D eigenvalue weighted by Gasteiger charge is -2.27. The van der Waals surface area contributed by atoms with Gasteiger partial charge in [0.15, 0.2) is 0 Å². The zero-order valence-electron chi connectivity index (χ0n) is 15.4. The van der Waals surface area contributed by atoms with E-state index in [1.807, 2.05) is 0 Å². The molecule has 0 saturated carbocycles. The van der Waals surface area contributed by atoms with Gasteiger partial charge in [0.05, 0.1) is 6.61 Å². The van der Waals surface area contributed by atoms with E-state index in [0.29, 0.717) is 0 Å². The number of rotatable bonds is 9. The van der Waals surface area contributed by atoms with E-state index in [2.05, 4.69) is 79.1 Å². The highest BCUT2D eigenvalue weighted by atomic mass is 16.5. The summed E-state index contributed by atoms with van der Waals surface area (Å²) in [5, 5.41) is 6.80. The van der Waals surface area contributed by atoms with Crippen LogP contribution in [-0.2, 0) is 5.41 Å². The lowest BCUT2D eigenvalue weighted by atomic mass is 9.78. The van der Waals surface area contributed by atoms with Gasteiger partial charge in [0.25, 0.3) is 0 Å². The van der Waals surface area contributed by atoms with Gasteiger partial charge in [-0.15, -0.1) is 0 Å². The van der Waals surface area contributed by atoms with E-state index in [1.54, 1.807) is 0 Å². The maximum atomic E-state index is 5.87. The van der Waals surface area contributed by atoms with Crippen molar-refractivity contribution in [2.45, 2.75) is 25.7 Å². The molecule has 0 bridgehead atoms. The molecule has 25 heavy (non-hydrogen) atoms. The maximum Gasteiger partial charge on any atom is 0.119 e. The fourth-order valence-corrected chi connectivity index (χ4v) is 3.18. The van der Waals surface area contributed by atoms with Gasteiger partial charge in [0.2, 0.25) is 0 Å². The standard InChI is InChI=1S/C22H30N2O/c1-22(2,19-7-4-3-5-8-19)20-9-11-21(12-10-20)25-14-6-13-23-15-18-16-24-17-18/h3-5,7-12,18,23-24H,6,13-17H2,1-2H3. The van der Waals surface area contributed by atoms with Gasteiger partial charge in [-0.3, -0.25) is 0 Å². The normalized spacial score (nSPS) is 15.0. The van der Waals surface area contributed by atoms with Crippen LogP contribution in [0.3, 0.4) is 0 Å². The first-order valence-electron chi connectivity index (χ1n) is 9.36. The van der Waals surface area contributed by atoms with Crippen molar-refractivity contribution in [3.05, 3.63) is 65.7 Å². The number of hydrogen-bond donors (Lipinski definition) is 2. The van der Waals surface area contributed by atoms with E-state index in [-0.39, 0.29) is 5.41 Å². The van der Waals surface area contributed by atoms with E-state index in [1.165, 1.54) is 11.1 Å². The number of nitrogens with one attached hydrogen (secondary N) is 2. The molecule has 1 aliphatic rings. The Kier molecular flexibility index (Phi) is 6.11. The SMILES string of the molecule is CC(C)(c1ccccc1)c1ccc(OCCCNCC2CNC2)cc1. The molecule has 0 aromatic heterocycles. The first kappa shape index (κ1) is 18.0. The highest BCUT2D eigenvalue weighted by Crippen LogP contribution is 2.32. The Bertz CT molecular complexity index is 633. The molecule has 0 spiro atoms. The average molecular weight is 338 g/mol. The molecular weight excluding hydrogens is 308 g/mol. The molecule has 0 aliphatic carbocycles. The second-order valence-corrected chi connectivity index (χ2v) is 7.45. The summed E-state index contributed by atoms with van der Waals surface area (Å²) in [5.41, 5.74) is 2.64. The summed E-state index contributed by atoms with van der Waals surface area (Å²) in [5.74, 6) is 1.78. The van der Waals surface area contributed by atoms with E-state index in [9.17, 15) is 0 Å². The van der Waals surface area contributed by atoms with Gasteiger partial charge in [-0.2, -0.15) is 0 Å². The van der Waals surface area contributed by atoms with Crippen LogP contribution in [0.2, 0.25) is 0 Å². The Hall–Kier alpha value is -1.84. The fourth-order valence-electron chi connectivity index (χ4n) is 3.18. The van der Waals surface area contributed by atoms with Crippen LogP contribution < -0.4 is 15.4 Å². The van der Waals surface area contributed by atoms with Gasteiger partial charge >= 0.3 is 0 Å². The van der Waals surface area contributed by atoms with Crippen molar-refractivity contribution in [1.29, 1.82) is 0 Å². The smallest absolute Gasteiger partial charge is 0.119 e. The maximum absolute atomic E-state index is 5.87. The quantitative estimate of drug-likeness (QED) is 0.686. The molecule has 3 heteroatoms. The second-order valence-electron chi connectivity index (χ2n) is 7.45. The third-order valence-electron chi connectivity index (χ3n) is 5.14. The molecule has 0 unspecified atom stereocenters. The molecular formula is C22H30N2O. The Morgan fingerprint density at radius 3 is 2.32 bits per heavy atom. The first-order chi connectivity index (χ1) is 12.2. The second kappa shape index (κ2) is 8.50. The highest BCUT2D eigenvalue weighted by Gasteiger charge is 2.22. The minimum absolute atomic E-state index is 0.0000910. The molecule has 1 heterocycles. The fraction of sp³-hybridized carbons (Fsp3) is 0.455. The Balaban J connectivity index is 1.43. The zero-order valence-corrected chi connectivity index (χ0v) is 15.4. The van der Waals surface area contributed by atoms with Gasteiger partial charge in [-0.05, 0) is 42.1 Å². The zero-order chi connectivity index (χ0) is 17.5. The van der Waals surface area contributed by atoms with Gasteiger partial charge in [0, 0.05) is 25.0 Å². The summed E-state index contributed by atoms with van der Waals surface area (Å²) in [7, 11) is 0.